The first-order valence-corrected chi connectivity index (χ1v) is 6.13. The van der Waals surface area contributed by atoms with Gasteiger partial charge >= 0.3 is 5.97 Å². The van der Waals surface area contributed by atoms with Crippen molar-refractivity contribution in [3.8, 4) is 0 Å². The number of aryl methyl sites for hydroxylation is 1. The Morgan fingerprint density at radius 1 is 1.19 bits per heavy atom. The zero-order chi connectivity index (χ0) is 11.8. The third-order valence-electron chi connectivity index (χ3n) is 2.52. The summed E-state index contributed by atoms with van der Waals surface area (Å²) in [6, 6.07) is 8.18. The molecule has 0 radical (unpaired) electrons. The molecule has 1 rings (SSSR count). The van der Waals surface area contributed by atoms with Gasteiger partial charge in [0.25, 0.3) is 0 Å². The average Bonchev–Trinajstić information content (AvgIpc) is 2.23. The summed E-state index contributed by atoms with van der Waals surface area (Å²) in [5.74, 6) is -0.692. The molecule has 0 aromatic heterocycles. The molecule has 0 bridgehead atoms. The Morgan fingerprint density at radius 3 is 2.62 bits per heavy atom. The van der Waals surface area contributed by atoms with Crippen molar-refractivity contribution < 1.29 is 9.90 Å². The van der Waals surface area contributed by atoms with Crippen LogP contribution in [0.15, 0.2) is 29.2 Å². The van der Waals surface area contributed by atoms with Crippen molar-refractivity contribution in [1.29, 1.82) is 0 Å². The van der Waals surface area contributed by atoms with E-state index in [0.717, 1.165) is 37.0 Å². The van der Waals surface area contributed by atoms with Crippen LogP contribution in [0.1, 0.15) is 37.7 Å². The molecule has 2 nitrogen and oxygen atoms in total. The standard InChI is InChI=1S/C13H18O2S/c14-13(15)9-4-2-1-3-6-11-7-5-8-12(16)10-11/h5,7-8,10,16H,1-4,6,9H2,(H,14,15). The Morgan fingerprint density at radius 2 is 1.94 bits per heavy atom. The molecule has 1 N–H and O–H groups in total. The van der Waals surface area contributed by atoms with Crippen LogP contribution in [0.2, 0.25) is 0 Å². The van der Waals surface area contributed by atoms with Crippen molar-refractivity contribution in [2.75, 3.05) is 0 Å². The van der Waals surface area contributed by atoms with Gasteiger partial charge in [-0.15, -0.1) is 12.6 Å². The van der Waals surface area contributed by atoms with Gasteiger partial charge in [0, 0.05) is 11.3 Å². The molecule has 1 aromatic carbocycles. The lowest BCUT2D eigenvalue weighted by molar-refractivity contribution is -0.137. The number of carboxylic acid groups (broad SMARTS) is 1. The second kappa shape index (κ2) is 7.34. The monoisotopic (exact) mass is 238 g/mol. The van der Waals surface area contributed by atoms with Crippen molar-refractivity contribution in [2.45, 2.75) is 43.4 Å². The van der Waals surface area contributed by atoms with Crippen LogP contribution in [0.4, 0.5) is 0 Å². The van der Waals surface area contributed by atoms with E-state index in [-0.39, 0.29) is 0 Å². The largest absolute Gasteiger partial charge is 0.481 e. The van der Waals surface area contributed by atoms with Crippen molar-refractivity contribution in [3.63, 3.8) is 0 Å². The molecule has 0 aliphatic rings. The van der Waals surface area contributed by atoms with Crippen LogP contribution in [0.3, 0.4) is 0 Å². The van der Waals surface area contributed by atoms with E-state index in [1.54, 1.807) is 0 Å². The van der Waals surface area contributed by atoms with Crippen LogP contribution in [0, 0.1) is 0 Å². The summed E-state index contributed by atoms with van der Waals surface area (Å²) in [5.41, 5.74) is 1.31. The molecule has 1 aromatic rings. The summed E-state index contributed by atoms with van der Waals surface area (Å²) in [6.45, 7) is 0. The molecule has 0 unspecified atom stereocenters. The molecule has 0 atom stereocenters. The minimum atomic E-state index is -0.692. The highest BCUT2D eigenvalue weighted by Crippen LogP contribution is 2.12. The van der Waals surface area contributed by atoms with Crippen molar-refractivity contribution in [3.05, 3.63) is 29.8 Å². The molecule has 0 aliphatic heterocycles. The SMILES string of the molecule is O=C(O)CCCCCCc1cccc(S)c1. The quantitative estimate of drug-likeness (QED) is 0.563. The third kappa shape index (κ3) is 5.81. The smallest absolute Gasteiger partial charge is 0.303 e. The highest BCUT2D eigenvalue weighted by atomic mass is 32.1. The number of unbranched alkanes of at least 4 members (excludes halogenated alkanes) is 3. The van der Waals surface area contributed by atoms with E-state index in [0.29, 0.717) is 6.42 Å². The topological polar surface area (TPSA) is 37.3 Å². The highest BCUT2D eigenvalue weighted by Gasteiger charge is 1.97. The molecule has 3 heteroatoms. The van der Waals surface area contributed by atoms with Gasteiger partial charge in [-0.2, -0.15) is 0 Å². The number of carboxylic acids is 1. The molecular weight excluding hydrogens is 220 g/mol. The molecule has 0 amide bonds. The van der Waals surface area contributed by atoms with Gasteiger partial charge in [0.05, 0.1) is 0 Å². The van der Waals surface area contributed by atoms with Gasteiger partial charge in [-0.25, -0.2) is 0 Å². The van der Waals surface area contributed by atoms with Gasteiger partial charge in [0.15, 0.2) is 0 Å². The molecular formula is C13H18O2S. The summed E-state index contributed by atoms with van der Waals surface area (Å²) in [7, 11) is 0. The third-order valence-corrected chi connectivity index (χ3v) is 2.79. The number of hydrogen-bond donors (Lipinski definition) is 2. The zero-order valence-corrected chi connectivity index (χ0v) is 10.2. The van der Waals surface area contributed by atoms with Crippen molar-refractivity contribution in [2.24, 2.45) is 0 Å². The van der Waals surface area contributed by atoms with E-state index < -0.39 is 5.97 Å². The Balaban J connectivity index is 2.09. The molecule has 0 aliphatic carbocycles. The predicted molar refractivity (Wildman–Crippen MR) is 68.1 cm³/mol. The van der Waals surface area contributed by atoms with Gasteiger partial charge < -0.3 is 5.11 Å². The number of rotatable bonds is 7. The van der Waals surface area contributed by atoms with Crippen LogP contribution in [0.25, 0.3) is 0 Å². The van der Waals surface area contributed by atoms with Gasteiger partial charge in [-0.05, 0) is 37.0 Å². The second-order valence-corrected chi connectivity index (χ2v) is 4.49. The van der Waals surface area contributed by atoms with Gasteiger partial charge in [0.2, 0.25) is 0 Å². The lowest BCUT2D eigenvalue weighted by Gasteiger charge is -2.02. The molecule has 0 saturated carbocycles. The lowest BCUT2D eigenvalue weighted by Crippen LogP contribution is -1.93. The first-order chi connectivity index (χ1) is 7.68. The Bertz CT molecular complexity index is 336. The van der Waals surface area contributed by atoms with Gasteiger partial charge in [0.1, 0.15) is 0 Å². The maximum absolute atomic E-state index is 10.3. The normalized spacial score (nSPS) is 10.3. The molecule has 0 saturated heterocycles. The fraction of sp³-hybridized carbons (Fsp3) is 0.462. The van der Waals surface area contributed by atoms with Crippen LogP contribution in [-0.2, 0) is 11.2 Å². The fourth-order valence-electron chi connectivity index (χ4n) is 1.67. The summed E-state index contributed by atoms with van der Waals surface area (Å²) < 4.78 is 0. The maximum atomic E-state index is 10.3. The molecule has 0 spiro atoms. The number of benzene rings is 1. The van der Waals surface area contributed by atoms with E-state index in [4.69, 9.17) is 5.11 Å². The minimum Gasteiger partial charge on any atom is -0.481 e. The van der Waals surface area contributed by atoms with E-state index in [1.165, 1.54) is 5.56 Å². The Hall–Kier alpha value is -0.960. The fourth-order valence-corrected chi connectivity index (χ4v) is 1.92. The van der Waals surface area contributed by atoms with Gasteiger partial charge in [-0.1, -0.05) is 25.0 Å². The number of hydrogen-bond acceptors (Lipinski definition) is 2. The first kappa shape index (κ1) is 13.1. The zero-order valence-electron chi connectivity index (χ0n) is 9.35. The molecule has 16 heavy (non-hydrogen) atoms. The van der Waals surface area contributed by atoms with Crippen molar-refractivity contribution >= 4 is 18.6 Å². The van der Waals surface area contributed by atoms with Gasteiger partial charge in [-0.3, -0.25) is 4.79 Å². The molecule has 0 fully saturated rings. The van der Waals surface area contributed by atoms with Crippen LogP contribution in [-0.4, -0.2) is 11.1 Å². The average molecular weight is 238 g/mol. The summed E-state index contributed by atoms with van der Waals surface area (Å²) >= 11 is 4.29. The summed E-state index contributed by atoms with van der Waals surface area (Å²) in [4.78, 5) is 11.3. The van der Waals surface area contributed by atoms with Crippen LogP contribution >= 0.6 is 12.6 Å². The van der Waals surface area contributed by atoms with Crippen LogP contribution < -0.4 is 0 Å². The minimum absolute atomic E-state index is 0.298. The highest BCUT2D eigenvalue weighted by molar-refractivity contribution is 7.80. The van der Waals surface area contributed by atoms with E-state index in [2.05, 4.69) is 24.8 Å². The molecule has 0 heterocycles. The van der Waals surface area contributed by atoms with Crippen molar-refractivity contribution in [1.82, 2.24) is 0 Å². The number of aliphatic carboxylic acids is 1. The van der Waals surface area contributed by atoms with Crippen LogP contribution in [0.5, 0.6) is 0 Å². The summed E-state index contributed by atoms with van der Waals surface area (Å²) in [6.07, 6.45) is 5.38. The van der Waals surface area contributed by atoms with E-state index in [9.17, 15) is 4.79 Å². The second-order valence-electron chi connectivity index (χ2n) is 3.98. The summed E-state index contributed by atoms with van der Waals surface area (Å²) in [5, 5.41) is 8.47. The van der Waals surface area contributed by atoms with E-state index >= 15 is 0 Å². The maximum Gasteiger partial charge on any atom is 0.303 e. The number of carbonyl (C=O) groups is 1. The predicted octanol–water partition coefficient (Wildman–Crippen LogP) is 3.55. The lowest BCUT2D eigenvalue weighted by atomic mass is 10.1. The first-order valence-electron chi connectivity index (χ1n) is 5.68. The van der Waals surface area contributed by atoms with E-state index in [1.807, 2.05) is 12.1 Å². The Kier molecular flexibility index (Phi) is 6.01. The molecule has 88 valence electrons. The number of thiol groups is 1. The Labute approximate surface area is 102 Å².